The molecular formula is C22H23N3O4. The molecule has 5 rings (SSSR count). The number of para-hydroxylation sites is 1. The quantitative estimate of drug-likeness (QED) is 0.650. The molecule has 2 aliphatic rings. The van der Waals surface area contributed by atoms with E-state index in [0.717, 1.165) is 19.0 Å². The number of hydrogen-bond donors (Lipinski definition) is 2. The van der Waals surface area contributed by atoms with E-state index in [2.05, 4.69) is 15.2 Å². The Morgan fingerprint density at radius 2 is 1.90 bits per heavy atom. The first-order valence-electron chi connectivity index (χ1n) is 9.81. The van der Waals surface area contributed by atoms with Crippen molar-refractivity contribution in [3.63, 3.8) is 0 Å². The highest BCUT2D eigenvalue weighted by Gasteiger charge is 2.17. The lowest BCUT2D eigenvalue weighted by Crippen LogP contribution is -2.49. The van der Waals surface area contributed by atoms with Gasteiger partial charge in [-0.25, -0.2) is 0 Å². The van der Waals surface area contributed by atoms with Gasteiger partial charge in [-0.05, 0) is 42.7 Å². The van der Waals surface area contributed by atoms with Crippen LogP contribution in [-0.4, -0.2) is 48.1 Å². The molecule has 0 radical (unpaired) electrons. The molecule has 0 unspecified atom stereocenters. The highest BCUT2D eigenvalue weighted by atomic mass is 16.4. The summed E-state index contributed by atoms with van der Waals surface area (Å²) in [5, 5.41) is 13.0. The van der Waals surface area contributed by atoms with Gasteiger partial charge in [-0.1, -0.05) is 18.2 Å². The molecule has 0 amide bonds. The molecule has 1 fully saturated rings. The second-order valence-electron chi connectivity index (χ2n) is 7.15. The number of benzene rings is 2. The van der Waals surface area contributed by atoms with Crippen molar-refractivity contribution in [2.75, 3.05) is 26.2 Å². The van der Waals surface area contributed by atoms with Crippen molar-refractivity contribution in [1.29, 1.82) is 0 Å². The number of carboxylic acid groups (broad SMARTS) is 1. The number of carbonyl (C=O) groups is 1. The first-order chi connectivity index (χ1) is 14.1. The number of nitrogens with one attached hydrogen (secondary N) is 1. The summed E-state index contributed by atoms with van der Waals surface area (Å²) in [6, 6.07) is 11.9. The maximum absolute atomic E-state index is 12.3. The van der Waals surface area contributed by atoms with Gasteiger partial charge in [-0.15, -0.1) is 0 Å². The Kier molecular flexibility index (Phi) is 5.46. The number of hydrogen-bond acceptors (Lipinski definition) is 6. The van der Waals surface area contributed by atoms with E-state index in [1.165, 1.54) is 25.9 Å². The van der Waals surface area contributed by atoms with Gasteiger partial charge in [-0.3, -0.25) is 14.6 Å². The highest BCUT2D eigenvalue weighted by Crippen LogP contribution is 2.19. The lowest BCUT2D eigenvalue weighted by Gasteiger charge is -2.33. The first-order valence-corrected chi connectivity index (χ1v) is 9.81. The second kappa shape index (κ2) is 8.34. The second-order valence-corrected chi connectivity index (χ2v) is 7.15. The highest BCUT2D eigenvalue weighted by molar-refractivity contribution is 5.90. The third kappa shape index (κ3) is 4.23. The van der Waals surface area contributed by atoms with Gasteiger partial charge in [0.05, 0.1) is 17.2 Å². The predicted molar refractivity (Wildman–Crippen MR) is 112 cm³/mol. The minimum Gasteiger partial charge on any atom is -0.481 e. The molecule has 1 aromatic heterocycles. The van der Waals surface area contributed by atoms with Crippen molar-refractivity contribution in [3.8, 4) is 0 Å². The maximum Gasteiger partial charge on any atom is 0.307 e. The van der Waals surface area contributed by atoms with E-state index in [4.69, 9.17) is 9.52 Å². The molecule has 0 saturated carbocycles. The van der Waals surface area contributed by atoms with Gasteiger partial charge in [0.15, 0.2) is 5.96 Å². The van der Waals surface area contributed by atoms with Crippen LogP contribution in [0.5, 0.6) is 0 Å². The van der Waals surface area contributed by atoms with Gasteiger partial charge in [-0.2, -0.15) is 0 Å². The van der Waals surface area contributed by atoms with Crippen molar-refractivity contribution in [1.82, 2.24) is 10.2 Å². The SMILES string of the molecule is C1CN=C2NCCCN2C1.O=C(O)Cc1ccc2oc3ccccc3c(=O)c2c1. The summed E-state index contributed by atoms with van der Waals surface area (Å²) < 4.78 is 5.64. The number of nitrogens with zero attached hydrogens (tertiary/aromatic N) is 2. The maximum atomic E-state index is 12.3. The zero-order valence-corrected chi connectivity index (χ0v) is 16.1. The molecule has 0 bridgehead atoms. The summed E-state index contributed by atoms with van der Waals surface area (Å²) in [6.45, 7) is 4.52. The largest absolute Gasteiger partial charge is 0.481 e. The molecule has 150 valence electrons. The molecule has 0 aliphatic carbocycles. The predicted octanol–water partition coefficient (Wildman–Crippen LogP) is 2.61. The molecule has 3 aromatic rings. The van der Waals surface area contributed by atoms with Crippen LogP contribution >= 0.6 is 0 Å². The normalized spacial score (nSPS) is 15.7. The topological polar surface area (TPSA) is 95.1 Å². The third-order valence-corrected chi connectivity index (χ3v) is 5.03. The summed E-state index contributed by atoms with van der Waals surface area (Å²) >= 11 is 0. The monoisotopic (exact) mass is 393 g/mol. The number of guanidine groups is 1. The number of carboxylic acids is 1. The van der Waals surface area contributed by atoms with E-state index in [9.17, 15) is 9.59 Å². The molecule has 1 saturated heterocycles. The van der Waals surface area contributed by atoms with Crippen LogP contribution in [-0.2, 0) is 11.2 Å². The third-order valence-electron chi connectivity index (χ3n) is 5.03. The zero-order chi connectivity index (χ0) is 20.2. The van der Waals surface area contributed by atoms with E-state index in [-0.39, 0.29) is 11.8 Å². The Labute approximate surface area is 167 Å². The van der Waals surface area contributed by atoms with E-state index in [0.29, 0.717) is 27.5 Å². The lowest BCUT2D eigenvalue weighted by atomic mass is 10.1. The van der Waals surface area contributed by atoms with Crippen LogP contribution < -0.4 is 10.7 Å². The van der Waals surface area contributed by atoms with E-state index >= 15 is 0 Å². The van der Waals surface area contributed by atoms with E-state index < -0.39 is 5.97 Å². The molecule has 0 spiro atoms. The molecule has 0 atom stereocenters. The van der Waals surface area contributed by atoms with Crippen molar-refractivity contribution in [2.45, 2.75) is 19.3 Å². The van der Waals surface area contributed by atoms with Gasteiger partial charge >= 0.3 is 5.97 Å². The van der Waals surface area contributed by atoms with Crippen LogP contribution in [0.1, 0.15) is 18.4 Å². The summed E-state index contributed by atoms with van der Waals surface area (Å²) in [5.74, 6) is 0.210. The van der Waals surface area contributed by atoms with Gasteiger partial charge in [0.25, 0.3) is 0 Å². The zero-order valence-electron chi connectivity index (χ0n) is 16.1. The molecular weight excluding hydrogens is 370 g/mol. The molecule has 29 heavy (non-hydrogen) atoms. The minimum atomic E-state index is -0.926. The summed E-state index contributed by atoms with van der Waals surface area (Å²) in [7, 11) is 0. The van der Waals surface area contributed by atoms with Gasteiger partial charge in [0, 0.05) is 26.2 Å². The fraction of sp³-hybridized carbons (Fsp3) is 0.318. The van der Waals surface area contributed by atoms with Gasteiger partial charge in [0.1, 0.15) is 11.2 Å². The first kappa shape index (κ1) is 19.0. The standard InChI is InChI=1S/C15H10O4.C7H13N3/c16-14(17)8-9-5-6-13-11(7-9)15(18)10-3-1-2-4-12(10)19-13;1-3-8-7-9-4-2-6-10(7)5-1/h1-7H,8H2,(H,16,17);1-6H2,(H,8,9). The van der Waals surface area contributed by atoms with Crippen molar-refractivity contribution in [2.24, 2.45) is 4.99 Å². The Morgan fingerprint density at radius 1 is 1.10 bits per heavy atom. The number of aliphatic carboxylic acids is 1. The number of fused-ring (bicyclic) bond motifs is 3. The van der Waals surface area contributed by atoms with Crippen molar-refractivity contribution < 1.29 is 14.3 Å². The molecule has 2 aliphatic heterocycles. The molecule has 2 aromatic carbocycles. The molecule has 3 heterocycles. The molecule has 7 heteroatoms. The van der Waals surface area contributed by atoms with Crippen LogP contribution in [0.4, 0.5) is 0 Å². The van der Waals surface area contributed by atoms with Crippen LogP contribution in [0, 0.1) is 0 Å². The average Bonchev–Trinajstić information content (AvgIpc) is 2.75. The van der Waals surface area contributed by atoms with Gasteiger partial charge in [0.2, 0.25) is 5.43 Å². The summed E-state index contributed by atoms with van der Waals surface area (Å²) in [4.78, 5) is 29.7. The average molecular weight is 393 g/mol. The Hall–Kier alpha value is -3.35. The Balaban J connectivity index is 0.000000171. The lowest BCUT2D eigenvalue weighted by molar-refractivity contribution is -0.136. The van der Waals surface area contributed by atoms with Gasteiger partial charge < -0.3 is 19.7 Å². The number of aliphatic imine (C=N–C) groups is 1. The fourth-order valence-electron chi connectivity index (χ4n) is 3.64. The molecule has 2 N–H and O–H groups in total. The minimum absolute atomic E-state index is 0.109. The van der Waals surface area contributed by atoms with Crippen molar-refractivity contribution in [3.05, 3.63) is 58.3 Å². The molecule has 7 nitrogen and oxygen atoms in total. The number of rotatable bonds is 2. The summed E-state index contributed by atoms with van der Waals surface area (Å²) in [5.41, 5.74) is 1.45. The van der Waals surface area contributed by atoms with E-state index in [1.54, 1.807) is 42.5 Å². The van der Waals surface area contributed by atoms with Crippen LogP contribution in [0.2, 0.25) is 0 Å². The van der Waals surface area contributed by atoms with E-state index in [1.807, 2.05) is 0 Å². The smallest absolute Gasteiger partial charge is 0.307 e. The van der Waals surface area contributed by atoms with Crippen LogP contribution in [0.15, 0.2) is 56.7 Å². The fourth-order valence-corrected chi connectivity index (χ4v) is 3.64. The summed E-state index contributed by atoms with van der Waals surface area (Å²) in [6.07, 6.45) is 2.38. The Morgan fingerprint density at radius 3 is 2.72 bits per heavy atom. The van der Waals surface area contributed by atoms with Crippen molar-refractivity contribution >= 4 is 33.9 Å². The van der Waals surface area contributed by atoms with Crippen LogP contribution in [0.3, 0.4) is 0 Å². The Bertz CT molecular complexity index is 1140. The van der Waals surface area contributed by atoms with Crippen LogP contribution in [0.25, 0.3) is 21.9 Å².